The maximum Gasteiger partial charge on any atom is 0.264 e. The zero-order chi connectivity index (χ0) is 21.4. The van der Waals surface area contributed by atoms with Gasteiger partial charge >= 0.3 is 0 Å². The van der Waals surface area contributed by atoms with Gasteiger partial charge in [-0.2, -0.15) is 8.42 Å². The summed E-state index contributed by atoms with van der Waals surface area (Å²) in [7, 11) is -3.99. The molecule has 0 bridgehead atoms. The molecule has 0 spiro atoms. The van der Waals surface area contributed by atoms with E-state index in [1.165, 1.54) is 16.7 Å². The summed E-state index contributed by atoms with van der Waals surface area (Å²) in [5.41, 5.74) is 3.75. The number of amides is 1. The van der Waals surface area contributed by atoms with Crippen molar-refractivity contribution in [3.63, 3.8) is 0 Å². The topological polar surface area (TPSA) is 83.5 Å². The standard InChI is InChI=1S/C23H35NO4S/c1-16(2)17-7-9-19-18(15-17)8-10-20-22(19,3)11-5-12-23(20,4)21(25)24-13-6-14-29(26,27)28/h7,9,15-16,20H,5-6,8,10-14H2,1-4H3,(H,24,25)(H,26,27,28)/t20-,22-,23-/m1/s1. The third-order valence-corrected chi connectivity index (χ3v) is 8.23. The summed E-state index contributed by atoms with van der Waals surface area (Å²) in [6, 6.07) is 6.91. The lowest BCUT2D eigenvalue weighted by Gasteiger charge is -2.54. The summed E-state index contributed by atoms with van der Waals surface area (Å²) in [6.07, 6.45) is 5.19. The average molecular weight is 422 g/mol. The largest absolute Gasteiger partial charge is 0.356 e. The van der Waals surface area contributed by atoms with Crippen LogP contribution in [0.1, 0.15) is 82.4 Å². The second-order valence-electron chi connectivity index (χ2n) is 9.75. The Labute approximate surface area is 175 Å². The van der Waals surface area contributed by atoms with Crippen LogP contribution in [0.15, 0.2) is 18.2 Å². The van der Waals surface area contributed by atoms with Crippen molar-refractivity contribution < 1.29 is 17.8 Å². The van der Waals surface area contributed by atoms with Gasteiger partial charge in [0.25, 0.3) is 10.1 Å². The monoisotopic (exact) mass is 421 g/mol. The van der Waals surface area contributed by atoms with Gasteiger partial charge in [0.15, 0.2) is 0 Å². The fraction of sp³-hybridized carbons (Fsp3) is 0.696. The van der Waals surface area contributed by atoms with Crippen molar-refractivity contribution in [3.05, 3.63) is 34.9 Å². The number of carbonyl (C=O) groups is 1. The molecule has 0 heterocycles. The molecule has 6 heteroatoms. The predicted octanol–water partition coefficient (Wildman–Crippen LogP) is 4.21. The van der Waals surface area contributed by atoms with E-state index in [0.29, 0.717) is 5.92 Å². The molecule has 1 aromatic carbocycles. The molecule has 0 radical (unpaired) electrons. The minimum Gasteiger partial charge on any atom is -0.356 e. The van der Waals surface area contributed by atoms with Crippen LogP contribution in [0.5, 0.6) is 0 Å². The highest BCUT2D eigenvalue weighted by Gasteiger charge is 2.54. The van der Waals surface area contributed by atoms with Crippen molar-refractivity contribution in [2.24, 2.45) is 11.3 Å². The van der Waals surface area contributed by atoms with Gasteiger partial charge in [0.05, 0.1) is 11.2 Å². The second kappa shape index (κ2) is 8.03. The van der Waals surface area contributed by atoms with Gasteiger partial charge in [0.1, 0.15) is 0 Å². The maximum absolute atomic E-state index is 13.2. The average Bonchev–Trinajstić information content (AvgIpc) is 2.63. The first-order valence-electron chi connectivity index (χ1n) is 10.8. The number of benzene rings is 1. The summed E-state index contributed by atoms with van der Waals surface area (Å²) >= 11 is 0. The van der Waals surface area contributed by atoms with E-state index >= 15 is 0 Å². The van der Waals surface area contributed by atoms with E-state index < -0.39 is 15.5 Å². The van der Waals surface area contributed by atoms with Crippen molar-refractivity contribution in [2.75, 3.05) is 12.3 Å². The summed E-state index contributed by atoms with van der Waals surface area (Å²) in [4.78, 5) is 13.2. The SMILES string of the molecule is CC(C)c1ccc2c(c1)CC[C@H]1[C@](C)(C(=O)NCCCS(=O)(=O)O)CCC[C@]21C. The first-order chi connectivity index (χ1) is 13.5. The van der Waals surface area contributed by atoms with Crippen molar-refractivity contribution in [1.82, 2.24) is 5.32 Å². The van der Waals surface area contributed by atoms with Gasteiger partial charge in [-0.15, -0.1) is 0 Å². The van der Waals surface area contributed by atoms with E-state index in [4.69, 9.17) is 4.55 Å². The molecule has 29 heavy (non-hydrogen) atoms. The normalized spacial score (nSPS) is 29.2. The van der Waals surface area contributed by atoms with E-state index in [1.807, 2.05) is 0 Å². The number of nitrogens with one attached hydrogen (secondary N) is 1. The molecule has 1 aromatic rings. The van der Waals surface area contributed by atoms with E-state index in [0.717, 1.165) is 32.1 Å². The molecule has 162 valence electrons. The number of carbonyl (C=O) groups excluding carboxylic acids is 1. The Kier molecular flexibility index (Phi) is 6.17. The minimum absolute atomic E-state index is 0.0120. The van der Waals surface area contributed by atoms with Gasteiger partial charge in [0, 0.05) is 6.54 Å². The number of aryl methyl sites for hydroxylation is 1. The number of hydrogen-bond acceptors (Lipinski definition) is 3. The van der Waals surface area contributed by atoms with Crippen LogP contribution in [0.4, 0.5) is 0 Å². The number of fused-ring (bicyclic) bond motifs is 3. The van der Waals surface area contributed by atoms with Crippen molar-refractivity contribution in [1.29, 1.82) is 0 Å². The highest BCUT2D eigenvalue weighted by Crippen LogP contribution is 2.57. The Morgan fingerprint density at radius 2 is 2.00 bits per heavy atom. The quantitative estimate of drug-likeness (QED) is 0.532. The number of rotatable bonds is 6. The molecule has 0 aromatic heterocycles. The molecule has 0 saturated heterocycles. The molecule has 3 rings (SSSR count). The molecular formula is C23H35NO4S. The van der Waals surface area contributed by atoms with Gasteiger partial charge in [-0.05, 0) is 66.0 Å². The van der Waals surface area contributed by atoms with E-state index in [9.17, 15) is 13.2 Å². The van der Waals surface area contributed by atoms with Crippen LogP contribution in [-0.4, -0.2) is 31.2 Å². The summed E-state index contributed by atoms with van der Waals surface area (Å²) in [6.45, 7) is 9.12. The summed E-state index contributed by atoms with van der Waals surface area (Å²) in [5, 5.41) is 2.95. The van der Waals surface area contributed by atoms with Gasteiger partial charge in [-0.3, -0.25) is 9.35 Å². The zero-order valence-electron chi connectivity index (χ0n) is 18.1. The molecule has 1 fully saturated rings. The second-order valence-corrected chi connectivity index (χ2v) is 11.3. The molecule has 5 nitrogen and oxygen atoms in total. The molecule has 2 aliphatic carbocycles. The highest BCUT2D eigenvalue weighted by atomic mass is 32.2. The van der Waals surface area contributed by atoms with E-state index in [1.54, 1.807) is 0 Å². The van der Waals surface area contributed by atoms with Crippen molar-refractivity contribution >= 4 is 16.0 Å². The van der Waals surface area contributed by atoms with Crippen LogP contribution in [0.2, 0.25) is 0 Å². The van der Waals surface area contributed by atoms with E-state index in [2.05, 4.69) is 51.2 Å². The zero-order valence-corrected chi connectivity index (χ0v) is 18.9. The van der Waals surface area contributed by atoms with Crippen LogP contribution in [0.25, 0.3) is 0 Å². The molecular weight excluding hydrogens is 386 g/mol. The lowest BCUT2D eigenvalue weighted by molar-refractivity contribution is -0.138. The molecule has 3 atom stereocenters. The predicted molar refractivity (Wildman–Crippen MR) is 116 cm³/mol. The minimum atomic E-state index is -3.99. The van der Waals surface area contributed by atoms with Crippen LogP contribution in [0, 0.1) is 11.3 Å². The fourth-order valence-electron chi connectivity index (χ4n) is 5.80. The molecule has 1 amide bonds. The Morgan fingerprint density at radius 3 is 2.66 bits per heavy atom. The Morgan fingerprint density at radius 1 is 1.28 bits per heavy atom. The summed E-state index contributed by atoms with van der Waals surface area (Å²) < 4.78 is 30.7. The third-order valence-electron chi connectivity index (χ3n) is 7.43. The Bertz CT molecular complexity index is 879. The van der Waals surface area contributed by atoms with Crippen LogP contribution < -0.4 is 5.32 Å². The van der Waals surface area contributed by atoms with Gasteiger partial charge in [0.2, 0.25) is 5.91 Å². The molecule has 2 aliphatic rings. The van der Waals surface area contributed by atoms with E-state index in [-0.39, 0.29) is 36.0 Å². The molecule has 0 unspecified atom stereocenters. The van der Waals surface area contributed by atoms with Crippen molar-refractivity contribution in [3.8, 4) is 0 Å². The maximum atomic E-state index is 13.2. The summed E-state index contributed by atoms with van der Waals surface area (Å²) in [5.74, 6) is 0.473. The van der Waals surface area contributed by atoms with Crippen LogP contribution in [0.3, 0.4) is 0 Å². The smallest absolute Gasteiger partial charge is 0.264 e. The molecule has 2 N–H and O–H groups in total. The first kappa shape index (κ1) is 22.3. The number of hydrogen-bond donors (Lipinski definition) is 2. The van der Waals surface area contributed by atoms with Gasteiger partial charge in [-0.1, -0.05) is 52.3 Å². The van der Waals surface area contributed by atoms with Crippen molar-refractivity contribution in [2.45, 2.75) is 77.6 Å². The van der Waals surface area contributed by atoms with Crippen LogP contribution >= 0.6 is 0 Å². The first-order valence-corrected chi connectivity index (χ1v) is 12.4. The lowest BCUT2D eigenvalue weighted by atomic mass is 9.49. The van der Waals surface area contributed by atoms with Gasteiger partial charge < -0.3 is 5.32 Å². The fourth-order valence-corrected chi connectivity index (χ4v) is 6.31. The highest BCUT2D eigenvalue weighted by molar-refractivity contribution is 7.85. The molecule has 0 aliphatic heterocycles. The van der Waals surface area contributed by atoms with Crippen LogP contribution in [-0.2, 0) is 26.7 Å². The lowest BCUT2D eigenvalue weighted by Crippen LogP contribution is -2.55. The Hall–Kier alpha value is -1.40. The molecule has 1 saturated carbocycles. The Balaban J connectivity index is 1.80. The third kappa shape index (κ3) is 4.38. The van der Waals surface area contributed by atoms with Gasteiger partial charge in [-0.25, -0.2) is 0 Å².